The molecule has 1 aliphatic rings. The highest BCUT2D eigenvalue weighted by Gasteiger charge is 2.13. The van der Waals surface area contributed by atoms with Crippen LogP contribution in [-0.2, 0) is 0 Å². The highest BCUT2D eigenvalue weighted by molar-refractivity contribution is 6.29. The maximum atomic E-state index is 14.0. The third kappa shape index (κ3) is 3.82. The molecule has 0 spiro atoms. The van der Waals surface area contributed by atoms with Gasteiger partial charge in [-0.25, -0.2) is 8.78 Å². The number of hydrogen-bond donors (Lipinski definition) is 1. The summed E-state index contributed by atoms with van der Waals surface area (Å²) in [4.78, 5) is 0. The average molecular weight is 308 g/mol. The van der Waals surface area contributed by atoms with E-state index in [-0.39, 0.29) is 0 Å². The van der Waals surface area contributed by atoms with Crippen LogP contribution in [0.2, 0.25) is 0 Å². The lowest BCUT2D eigenvalue weighted by Crippen LogP contribution is -2.08. The van der Waals surface area contributed by atoms with E-state index in [4.69, 9.17) is 11.6 Å². The molecular formula is C17H16ClF2N. The van der Waals surface area contributed by atoms with Gasteiger partial charge in [0.1, 0.15) is 11.6 Å². The van der Waals surface area contributed by atoms with Crippen LogP contribution in [0.3, 0.4) is 0 Å². The summed E-state index contributed by atoms with van der Waals surface area (Å²) in [6, 6.07) is 3.53. The summed E-state index contributed by atoms with van der Waals surface area (Å²) >= 11 is 5.93. The molecule has 1 N–H and O–H groups in total. The highest BCUT2D eigenvalue weighted by atomic mass is 35.5. The van der Waals surface area contributed by atoms with Crippen molar-refractivity contribution in [1.82, 2.24) is 5.32 Å². The van der Waals surface area contributed by atoms with E-state index in [0.29, 0.717) is 16.8 Å². The number of allylic oxidation sites excluding steroid dienone is 6. The lowest BCUT2D eigenvalue weighted by atomic mass is 9.96. The number of benzene rings is 1. The first-order valence-corrected chi connectivity index (χ1v) is 6.98. The van der Waals surface area contributed by atoms with Gasteiger partial charge in [-0.2, -0.15) is 0 Å². The minimum Gasteiger partial charge on any atom is -0.388 e. The molecule has 110 valence electrons. The molecule has 1 aromatic carbocycles. The van der Waals surface area contributed by atoms with Crippen molar-refractivity contribution in [2.45, 2.75) is 12.8 Å². The van der Waals surface area contributed by atoms with E-state index in [1.54, 1.807) is 7.05 Å². The first-order chi connectivity index (χ1) is 10.0. The molecule has 0 saturated heterocycles. The standard InChI is InChI=1S/C17H16ClF2N/c1-11(21-2)16(9-12-3-5-13(18)6-4-12)15-8-7-14(19)10-17(15)20/h3,5,7-10,21H,1,4,6H2,2H3/b16-9-. The molecule has 2 rings (SSSR count). The van der Waals surface area contributed by atoms with E-state index in [9.17, 15) is 8.78 Å². The van der Waals surface area contributed by atoms with Gasteiger partial charge in [0, 0.05) is 35.0 Å². The van der Waals surface area contributed by atoms with Gasteiger partial charge in [-0.1, -0.05) is 24.3 Å². The zero-order valence-electron chi connectivity index (χ0n) is 11.7. The van der Waals surface area contributed by atoms with Gasteiger partial charge in [0.2, 0.25) is 0 Å². The topological polar surface area (TPSA) is 12.0 Å². The second-order valence-electron chi connectivity index (χ2n) is 4.77. The van der Waals surface area contributed by atoms with E-state index in [1.807, 2.05) is 18.2 Å². The summed E-state index contributed by atoms with van der Waals surface area (Å²) < 4.78 is 27.1. The Bertz CT molecular complexity index is 657. The second kappa shape index (κ2) is 6.72. The monoisotopic (exact) mass is 307 g/mol. The van der Waals surface area contributed by atoms with Crippen molar-refractivity contribution in [3.8, 4) is 0 Å². The minimum absolute atomic E-state index is 0.317. The summed E-state index contributed by atoms with van der Waals surface area (Å²) in [5.41, 5.74) is 2.52. The maximum Gasteiger partial charge on any atom is 0.134 e. The Labute approximate surface area is 128 Å². The Hall–Kier alpha value is -1.87. The molecule has 1 nitrogen and oxygen atoms in total. The first-order valence-electron chi connectivity index (χ1n) is 6.60. The second-order valence-corrected chi connectivity index (χ2v) is 5.25. The third-order valence-corrected chi connectivity index (χ3v) is 3.62. The van der Waals surface area contributed by atoms with Crippen molar-refractivity contribution >= 4 is 17.2 Å². The summed E-state index contributed by atoms with van der Waals surface area (Å²) in [6.45, 7) is 3.89. The molecule has 0 fully saturated rings. The molecule has 0 unspecified atom stereocenters. The van der Waals surface area contributed by atoms with Crippen molar-refractivity contribution in [3.05, 3.63) is 76.5 Å². The largest absolute Gasteiger partial charge is 0.388 e. The molecule has 0 aliphatic heterocycles. The van der Waals surface area contributed by atoms with Crippen molar-refractivity contribution in [2.75, 3.05) is 7.05 Å². The quantitative estimate of drug-likeness (QED) is 0.778. The molecule has 1 aliphatic carbocycles. The molecule has 0 heterocycles. The molecule has 0 amide bonds. The van der Waals surface area contributed by atoms with Gasteiger partial charge in [0.25, 0.3) is 0 Å². The molecule has 21 heavy (non-hydrogen) atoms. The fourth-order valence-electron chi connectivity index (χ4n) is 2.10. The Morgan fingerprint density at radius 1 is 1.29 bits per heavy atom. The van der Waals surface area contributed by atoms with E-state index < -0.39 is 11.6 Å². The van der Waals surface area contributed by atoms with Crippen LogP contribution in [0, 0.1) is 11.6 Å². The van der Waals surface area contributed by atoms with Gasteiger partial charge in [-0.3, -0.25) is 0 Å². The summed E-state index contributed by atoms with van der Waals surface area (Å²) in [5.74, 6) is -1.21. The summed E-state index contributed by atoms with van der Waals surface area (Å²) in [7, 11) is 1.71. The lowest BCUT2D eigenvalue weighted by Gasteiger charge is -2.14. The van der Waals surface area contributed by atoms with Crippen LogP contribution in [0.25, 0.3) is 5.57 Å². The van der Waals surface area contributed by atoms with E-state index in [0.717, 1.165) is 29.5 Å². The molecule has 0 aromatic heterocycles. The van der Waals surface area contributed by atoms with Crippen molar-refractivity contribution in [3.63, 3.8) is 0 Å². The smallest absolute Gasteiger partial charge is 0.134 e. The molecule has 0 bridgehead atoms. The fourth-order valence-corrected chi connectivity index (χ4v) is 2.26. The third-order valence-electron chi connectivity index (χ3n) is 3.31. The summed E-state index contributed by atoms with van der Waals surface area (Å²) in [6.07, 6.45) is 7.12. The first kappa shape index (κ1) is 15.5. The molecule has 0 radical (unpaired) electrons. The van der Waals surface area contributed by atoms with Gasteiger partial charge in [0.05, 0.1) is 0 Å². The number of hydrogen-bond acceptors (Lipinski definition) is 1. The van der Waals surface area contributed by atoms with Gasteiger partial charge < -0.3 is 5.32 Å². The van der Waals surface area contributed by atoms with Gasteiger partial charge in [-0.05, 0) is 42.7 Å². The van der Waals surface area contributed by atoms with Crippen LogP contribution >= 0.6 is 11.6 Å². The Morgan fingerprint density at radius 2 is 2.05 bits per heavy atom. The molecule has 4 heteroatoms. The van der Waals surface area contributed by atoms with Crippen LogP contribution in [0.15, 0.2) is 59.3 Å². The SMILES string of the molecule is C=C(NC)/C(=C/C1=CC=C(Cl)CC1)c1ccc(F)cc1F. The van der Waals surface area contributed by atoms with Gasteiger partial charge in [0.15, 0.2) is 0 Å². The van der Waals surface area contributed by atoms with Crippen LogP contribution in [0.5, 0.6) is 0 Å². The Kier molecular flexibility index (Phi) is 4.97. The molecule has 1 aromatic rings. The van der Waals surface area contributed by atoms with E-state index in [1.165, 1.54) is 12.1 Å². The Balaban J connectivity index is 2.46. The van der Waals surface area contributed by atoms with Crippen LogP contribution in [0.4, 0.5) is 8.78 Å². The van der Waals surface area contributed by atoms with E-state index >= 15 is 0 Å². The zero-order chi connectivity index (χ0) is 15.4. The molecule has 0 saturated carbocycles. The average Bonchev–Trinajstić information content (AvgIpc) is 2.47. The van der Waals surface area contributed by atoms with Crippen LogP contribution in [0.1, 0.15) is 18.4 Å². The number of nitrogens with one attached hydrogen (secondary N) is 1. The van der Waals surface area contributed by atoms with Crippen LogP contribution < -0.4 is 5.32 Å². The van der Waals surface area contributed by atoms with Crippen LogP contribution in [-0.4, -0.2) is 7.05 Å². The van der Waals surface area contributed by atoms with Gasteiger partial charge in [-0.15, -0.1) is 0 Å². The summed E-state index contributed by atoms with van der Waals surface area (Å²) in [5, 5.41) is 3.71. The van der Waals surface area contributed by atoms with Crippen molar-refractivity contribution in [2.24, 2.45) is 0 Å². The van der Waals surface area contributed by atoms with Gasteiger partial charge >= 0.3 is 0 Å². The molecule has 0 atom stereocenters. The highest BCUT2D eigenvalue weighted by Crippen LogP contribution is 2.29. The maximum absolute atomic E-state index is 14.0. The van der Waals surface area contributed by atoms with Crippen molar-refractivity contribution in [1.29, 1.82) is 0 Å². The minimum atomic E-state index is -0.609. The van der Waals surface area contributed by atoms with Crippen molar-refractivity contribution < 1.29 is 8.78 Å². The zero-order valence-corrected chi connectivity index (χ0v) is 12.5. The fraction of sp³-hybridized carbons (Fsp3) is 0.176. The predicted molar refractivity (Wildman–Crippen MR) is 83.8 cm³/mol. The predicted octanol–water partition coefficient (Wildman–Crippen LogP) is 4.92. The number of halogens is 3. The number of likely N-dealkylation sites (N-methyl/N-ethyl adjacent to an activating group) is 1. The molecular weight excluding hydrogens is 292 g/mol. The lowest BCUT2D eigenvalue weighted by molar-refractivity contribution is 0.581. The van der Waals surface area contributed by atoms with E-state index in [2.05, 4.69) is 11.9 Å². The normalized spacial score (nSPS) is 15.3. The Morgan fingerprint density at radius 3 is 2.62 bits per heavy atom. The number of rotatable bonds is 4.